The summed E-state index contributed by atoms with van der Waals surface area (Å²) in [5.41, 5.74) is 1.10. The van der Waals surface area contributed by atoms with E-state index < -0.39 is 0 Å². The van der Waals surface area contributed by atoms with Crippen LogP contribution in [-0.4, -0.2) is 0 Å². The normalized spacial score (nSPS) is 9.30. The minimum Gasteiger partial charge on any atom is -0.0525 e. The van der Waals surface area contributed by atoms with Gasteiger partial charge in [0.25, 0.3) is 5.75 Å². The molecule has 0 aliphatic carbocycles. The number of halogens is 1. The maximum absolute atomic E-state index is 10.1. The van der Waals surface area contributed by atoms with E-state index >= 15 is 0 Å². The molecule has 1 rings (SSSR count). The zero-order valence-electron chi connectivity index (χ0n) is 5.21. The highest BCUT2D eigenvalue weighted by Gasteiger charge is 1.99. The average Bonchev–Trinajstić information content (AvgIpc) is 1.95. The third kappa shape index (κ3) is 2.30. The highest BCUT2D eigenvalue weighted by molar-refractivity contribution is 14.1. The topological polar surface area (TPSA) is 17.1 Å². The molecule has 0 saturated heterocycles. The van der Waals surface area contributed by atoms with Crippen LogP contribution in [0.5, 0.6) is 0 Å². The van der Waals surface area contributed by atoms with Gasteiger partial charge in [0.05, 0.1) is 0 Å². The summed E-state index contributed by atoms with van der Waals surface area (Å²) in [5, 5.41) is 0. The Bertz CT molecular complexity index is 220. The van der Waals surface area contributed by atoms with Crippen LogP contribution in [0.4, 0.5) is 0 Å². The van der Waals surface area contributed by atoms with Crippen LogP contribution >= 0.6 is 22.6 Å². The minimum atomic E-state index is 0.566. The first kappa shape index (κ1) is 8.07. The molecule has 1 nitrogen and oxygen atoms in total. The molecular formula is C7H6IOS+. The van der Waals surface area contributed by atoms with Crippen molar-refractivity contribution in [2.75, 3.05) is 0 Å². The lowest BCUT2D eigenvalue weighted by atomic mass is 10.2. The number of hydrogen-bond donors (Lipinski definition) is 0. The second kappa shape index (κ2) is 3.98. The first-order chi connectivity index (χ1) is 4.83. The van der Waals surface area contributed by atoms with Gasteiger partial charge in [0.2, 0.25) is 0 Å². The minimum absolute atomic E-state index is 0.566. The van der Waals surface area contributed by atoms with E-state index in [1.807, 2.05) is 24.3 Å². The highest BCUT2D eigenvalue weighted by Crippen LogP contribution is 2.06. The van der Waals surface area contributed by atoms with Crippen molar-refractivity contribution in [1.29, 1.82) is 0 Å². The van der Waals surface area contributed by atoms with Crippen LogP contribution in [-0.2, 0) is 21.6 Å². The van der Waals surface area contributed by atoms with Crippen LogP contribution in [0.15, 0.2) is 24.3 Å². The molecule has 0 N–H and O–H groups in total. The van der Waals surface area contributed by atoms with Crippen molar-refractivity contribution in [3.63, 3.8) is 0 Å². The summed E-state index contributed by atoms with van der Waals surface area (Å²) < 4.78 is 11.3. The van der Waals surface area contributed by atoms with Gasteiger partial charge < -0.3 is 0 Å². The van der Waals surface area contributed by atoms with E-state index in [0.717, 1.165) is 5.56 Å². The molecule has 0 atom stereocenters. The fourth-order valence-electron chi connectivity index (χ4n) is 0.649. The van der Waals surface area contributed by atoms with Gasteiger partial charge in [0.15, 0.2) is 0 Å². The summed E-state index contributed by atoms with van der Waals surface area (Å²) >= 11 is 2.85. The summed E-state index contributed by atoms with van der Waals surface area (Å²) in [5.74, 6) is 0.566. The van der Waals surface area contributed by atoms with Crippen LogP contribution in [0, 0.1) is 3.57 Å². The monoisotopic (exact) mass is 265 g/mol. The third-order valence-corrected chi connectivity index (χ3v) is 2.31. The molecule has 10 heavy (non-hydrogen) atoms. The van der Waals surface area contributed by atoms with Crippen LogP contribution in [0.1, 0.15) is 5.56 Å². The Labute approximate surface area is 77.5 Å². The summed E-state index contributed by atoms with van der Waals surface area (Å²) in [6.07, 6.45) is 0. The molecule has 0 spiro atoms. The summed E-state index contributed by atoms with van der Waals surface area (Å²) in [7, 11) is 0. The first-order valence-electron chi connectivity index (χ1n) is 2.82. The Balaban J connectivity index is 2.78. The molecule has 0 saturated carbocycles. The molecule has 1 aromatic carbocycles. The van der Waals surface area contributed by atoms with E-state index in [1.165, 1.54) is 3.57 Å². The van der Waals surface area contributed by atoms with Crippen molar-refractivity contribution in [1.82, 2.24) is 0 Å². The molecule has 0 aliphatic rings. The maximum Gasteiger partial charge on any atom is 0.463 e. The van der Waals surface area contributed by atoms with Gasteiger partial charge in [-0.15, -0.1) is 0 Å². The average molecular weight is 265 g/mol. The molecule has 0 unspecified atom stereocenters. The third-order valence-electron chi connectivity index (χ3n) is 1.14. The molecule has 0 heterocycles. The van der Waals surface area contributed by atoms with Gasteiger partial charge in [-0.25, -0.2) is 0 Å². The van der Waals surface area contributed by atoms with E-state index in [1.54, 1.807) is 0 Å². The standard InChI is InChI=1S/C7H6IOS/c8-7-3-1-6(2-4-7)5-10-9/h1-4H,5H2/q+1. The van der Waals surface area contributed by atoms with Gasteiger partial charge in [-0.1, -0.05) is 12.1 Å². The predicted molar refractivity (Wildman–Crippen MR) is 50.9 cm³/mol. The summed E-state index contributed by atoms with van der Waals surface area (Å²) in [6.45, 7) is 0. The van der Waals surface area contributed by atoms with Crippen LogP contribution < -0.4 is 0 Å². The summed E-state index contributed by atoms with van der Waals surface area (Å²) in [6, 6.07) is 7.97. The van der Waals surface area contributed by atoms with E-state index in [0.29, 0.717) is 17.4 Å². The van der Waals surface area contributed by atoms with Crippen molar-refractivity contribution in [3.05, 3.63) is 33.4 Å². The first-order valence-corrected chi connectivity index (χ1v) is 4.81. The zero-order chi connectivity index (χ0) is 7.40. The van der Waals surface area contributed by atoms with Gasteiger partial charge in [-0.05, 0) is 34.7 Å². The van der Waals surface area contributed by atoms with Crippen molar-refractivity contribution >= 4 is 34.3 Å². The molecule has 0 radical (unpaired) electrons. The Kier molecular flexibility index (Phi) is 3.21. The fourth-order valence-corrected chi connectivity index (χ4v) is 1.34. The fraction of sp³-hybridized carbons (Fsp3) is 0.143. The van der Waals surface area contributed by atoms with Gasteiger partial charge in [0.1, 0.15) is 0 Å². The number of rotatable bonds is 2. The van der Waals surface area contributed by atoms with Gasteiger partial charge in [-0.3, -0.25) is 0 Å². The van der Waals surface area contributed by atoms with E-state index in [4.69, 9.17) is 0 Å². The Morgan fingerprint density at radius 1 is 1.30 bits per heavy atom. The Hall–Kier alpha value is -0.0300. The molecule has 0 amide bonds. The van der Waals surface area contributed by atoms with Crippen molar-refractivity contribution in [3.8, 4) is 0 Å². The largest absolute Gasteiger partial charge is 0.463 e. The zero-order valence-corrected chi connectivity index (χ0v) is 8.18. The lowest BCUT2D eigenvalue weighted by molar-refractivity contribution is 0.604. The molecule has 0 bridgehead atoms. The molecular weight excluding hydrogens is 259 g/mol. The molecule has 0 aromatic heterocycles. The SMILES string of the molecule is O=[S+]Cc1ccc(I)cc1. The van der Waals surface area contributed by atoms with Crippen molar-refractivity contribution in [2.45, 2.75) is 5.75 Å². The van der Waals surface area contributed by atoms with Gasteiger partial charge in [-0.2, -0.15) is 0 Å². The number of hydrogen-bond acceptors (Lipinski definition) is 1. The van der Waals surface area contributed by atoms with Crippen molar-refractivity contribution in [2.24, 2.45) is 0 Å². The van der Waals surface area contributed by atoms with E-state index in [9.17, 15) is 4.21 Å². The Morgan fingerprint density at radius 3 is 2.40 bits per heavy atom. The van der Waals surface area contributed by atoms with Crippen LogP contribution in [0.2, 0.25) is 0 Å². The van der Waals surface area contributed by atoms with Gasteiger partial charge >= 0.3 is 11.7 Å². The molecule has 0 fully saturated rings. The quantitative estimate of drug-likeness (QED) is 0.592. The predicted octanol–water partition coefficient (Wildman–Crippen LogP) is 2.22. The second-order valence-electron chi connectivity index (χ2n) is 1.89. The smallest absolute Gasteiger partial charge is 0.0525 e. The molecule has 3 heteroatoms. The highest BCUT2D eigenvalue weighted by atomic mass is 127. The molecule has 0 aliphatic heterocycles. The Morgan fingerprint density at radius 2 is 1.90 bits per heavy atom. The summed E-state index contributed by atoms with van der Waals surface area (Å²) in [4.78, 5) is 0. The van der Waals surface area contributed by atoms with Crippen molar-refractivity contribution < 1.29 is 4.21 Å². The van der Waals surface area contributed by atoms with E-state index in [2.05, 4.69) is 22.6 Å². The van der Waals surface area contributed by atoms with Gasteiger partial charge in [0, 0.05) is 13.3 Å². The lowest BCUT2D eigenvalue weighted by Gasteiger charge is -1.88. The molecule has 52 valence electrons. The number of benzene rings is 1. The van der Waals surface area contributed by atoms with E-state index in [-0.39, 0.29) is 0 Å². The molecule has 1 aromatic rings. The second-order valence-corrected chi connectivity index (χ2v) is 3.66. The van der Waals surface area contributed by atoms with Crippen LogP contribution in [0.3, 0.4) is 0 Å². The maximum atomic E-state index is 10.1. The van der Waals surface area contributed by atoms with Crippen LogP contribution in [0.25, 0.3) is 0 Å². The lowest BCUT2D eigenvalue weighted by Crippen LogP contribution is -1.80.